The van der Waals surface area contributed by atoms with Crippen LogP contribution in [0.5, 0.6) is 0 Å². The van der Waals surface area contributed by atoms with Crippen LogP contribution in [0.2, 0.25) is 0 Å². The monoisotopic (exact) mass is 241 g/mol. The molecule has 0 fully saturated rings. The van der Waals surface area contributed by atoms with E-state index in [0.29, 0.717) is 5.82 Å². The molecule has 0 saturated carbocycles. The van der Waals surface area contributed by atoms with Gasteiger partial charge in [0.2, 0.25) is 5.91 Å². The highest BCUT2D eigenvalue weighted by molar-refractivity contribution is 5.94. The number of hydrogen-bond acceptors (Lipinski definition) is 3. The number of pyridine rings is 1. The summed E-state index contributed by atoms with van der Waals surface area (Å²) in [7, 11) is 0. The minimum Gasteiger partial charge on any atom is -0.316 e. The van der Waals surface area contributed by atoms with Gasteiger partial charge in [-0.2, -0.15) is 0 Å². The second kappa shape index (κ2) is 5.42. The molecule has 18 heavy (non-hydrogen) atoms. The lowest BCUT2D eigenvalue weighted by molar-refractivity contribution is -0.117. The van der Waals surface area contributed by atoms with Crippen molar-refractivity contribution >= 4 is 11.7 Å². The average Bonchev–Trinajstić information content (AvgIpc) is 2.41. The number of rotatable bonds is 3. The highest BCUT2D eigenvalue weighted by Gasteiger charge is 2.15. The maximum atomic E-state index is 11.9. The maximum Gasteiger partial charge on any atom is 0.247 e. The van der Waals surface area contributed by atoms with Crippen LogP contribution in [0.4, 0.5) is 5.82 Å². The van der Waals surface area contributed by atoms with Gasteiger partial charge in [-0.1, -0.05) is 36.4 Å². The smallest absolute Gasteiger partial charge is 0.247 e. The highest BCUT2D eigenvalue weighted by atomic mass is 16.2. The fourth-order valence-corrected chi connectivity index (χ4v) is 1.56. The van der Waals surface area contributed by atoms with E-state index in [1.165, 1.54) is 0 Å². The number of nitrogens with zero attached hydrogens (tertiary/aromatic N) is 1. The molecule has 0 aliphatic rings. The Labute approximate surface area is 106 Å². The van der Waals surface area contributed by atoms with E-state index in [-0.39, 0.29) is 5.91 Å². The molecule has 0 saturated heterocycles. The van der Waals surface area contributed by atoms with Crippen LogP contribution in [0.15, 0.2) is 48.7 Å². The Morgan fingerprint density at radius 3 is 2.56 bits per heavy atom. The Bertz CT molecular complexity index is 522. The molecule has 3 N–H and O–H groups in total. The number of nitrogens with two attached hydrogens (primary N) is 1. The Hall–Kier alpha value is -2.20. The number of hydrogen-bond donors (Lipinski definition) is 2. The lowest BCUT2D eigenvalue weighted by atomic mass is 10.1. The van der Waals surface area contributed by atoms with E-state index in [1.807, 2.05) is 43.3 Å². The van der Waals surface area contributed by atoms with Crippen molar-refractivity contribution < 1.29 is 4.79 Å². The Kier molecular flexibility index (Phi) is 3.69. The van der Waals surface area contributed by atoms with Crippen LogP contribution in [0.1, 0.15) is 17.2 Å². The molecular weight excluding hydrogens is 226 g/mol. The molecule has 2 rings (SSSR count). The van der Waals surface area contributed by atoms with Crippen molar-refractivity contribution in [1.29, 1.82) is 0 Å². The molecule has 0 aliphatic heterocycles. The van der Waals surface area contributed by atoms with Crippen molar-refractivity contribution in [3.05, 3.63) is 59.8 Å². The van der Waals surface area contributed by atoms with Crippen LogP contribution < -0.4 is 11.1 Å². The molecule has 0 aliphatic carbocycles. The largest absolute Gasteiger partial charge is 0.316 e. The minimum atomic E-state index is -0.686. The van der Waals surface area contributed by atoms with Gasteiger partial charge in [0.1, 0.15) is 11.9 Å². The van der Waals surface area contributed by atoms with Gasteiger partial charge in [0.05, 0.1) is 0 Å². The summed E-state index contributed by atoms with van der Waals surface area (Å²) < 4.78 is 0. The average molecular weight is 241 g/mol. The Morgan fingerprint density at radius 1 is 1.22 bits per heavy atom. The SMILES string of the molecule is Cc1ccc(NC(=O)C(N)c2ccccc2)nc1. The standard InChI is InChI=1S/C14H15N3O/c1-10-7-8-12(16-9-10)17-14(18)13(15)11-5-3-2-4-6-11/h2-9,13H,15H2,1H3,(H,16,17,18). The third-order valence-electron chi connectivity index (χ3n) is 2.60. The summed E-state index contributed by atoms with van der Waals surface area (Å²) in [6.07, 6.45) is 1.70. The van der Waals surface area contributed by atoms with E-state index in [1.54, 1.807) is 12.3 Å². The van der Waals surface area contributed by atoms with Gasteiger partial charge in [-0.05, 0) is 24.1 Å². The fourth-order valence-electron chi connectivity index (χ4n) is 1.56. The van der Waals surface area contributed by atoms with E-state index < -0.39 is 6.04 Å². The maximum absolute atomic E-state index is 11.9. The van der Waals surface area contributed by atoms with Gasteiger partial charge in [0.15, 0.2) is 0 Å². The van der Waals surface area contributed by atoms with Gasteiger partial charge in [0.25, 0.3) is 0 Å². The fraction of sp³-hybridized carbons (Fsp3) is 0.143. The zero-order valence-electron chi connectivity index (χ0n) is 10.1. The number of aryl methyl sites for hydroxylation is 1. The zero-order valence-corrected chi connectivity index (χ0v) is 10.1. The summed E-state index contributed by atoms with van der Waals surface area (Å²) in [5.41, 5.74) is 7.70. The second-order valence-electron chi connectivity index (χ2n) is 4.10. The van der Waals surface area contributed by atoms with Crippen LogP contribution in [0.25, 0.3) is 0 Å². The summed E-state index contributed by atoms with van der Waals surface area (Å²) >= 11 is 0. The summed E-state index contributed by atoms with van der Waals surface area (Å²) in [6, 6.07) is 12.2. The van der Waals surface area contributed by atoms with Crippen LogP contribution in [0.3, 0.4) is 0 Å². The Balaban J connectivity index is 2.06. The van der Waals surface area contributed by atoms with Gasteiger partial charge in [-0.3, -0.25) is 4.79 Å². The van der Waals surface area contributed by atoms with Crippen molar-refractivity contribution in [3.8, 4) is 0 Å². The molecule has 1 unspecified atom stereocenters. The molecule has 1 heterocycles. The summed E-state index contributed by atoms with van der Waals surface area (Å²) in [4.78, 5) is 16.0. The van der Waals surface area contributed by atoms with Gasteiger partial charge in [0, 0.05) is 6.20 Å². The van der Waals surface area contributed by atoms with Gasteiger partial charge in [-0.15, -0.1) is 0 Å². The van der Waals surface area contributed by atoms with Crippen molar-refractivity contribution in [2.45, 2.75) is 13.0 Å². The molecule has 0 bridgehead atoms. The molecule has 92 valence electrons. The molecule has 4 heteroatoms. The van der Waals surface area contributed by atoms with E-state index in [9.17, 15) is 4.79 Å². The van der Waals surface area contributed by atoms with Crippen LogP contribution in [-0.2, 0) is 4.79 Å². The Morgan fingerprint density at radius 2 is 1.94 bits per heavy atom. The normalized spacial score (nSPS) is 11.9. The predicted molar refractivity (Wildman–Crippen MR) is 71.0 cm³/mol. The first kappa shape index (κ1) is 12.3. The van der Waals surface area contributed by atoms with Gasteiger partial charge in [-0.25, -0.2) is 4.98 Å². The zero-order chi connectivity index (χ0) is 13.0. The highest BCUT2D eigenvalue weighted by Crippen LogP contribution is 2.12. The van der Waals surface area contributed by atoms with E-state index in [0.717, 1.165) is 11.1 Å². The lowest BCUT2D eigenvalue weighted by Crippen LogP contribution is -2.28. The second-order valence-corrected chi connectivity index (χ2v) is 4.10. The van der Waals surface area contributed by atoms with Crippen LogP contribution >= 0.6 is 0 Å². The molecule has 1 aromatic carbocycles. The predicted octanol–water partition coefficient (Wildman–Crippen LogP) is 2.03. The summed E-state index contributed by atoms with van der Waals surface area (Å²) in [5.74, 6) is 0.245. The van der Waals surface area contributed by atoms with E-state index >= 15 is 0 Å². The van der Waals surface area contributed by atoms with Crippen molar-refractivity contribution in [2.75, 3.05) is 5.32 Å². The number of nitrogens with one attached hydrogen (secondary N) is 1. The van der Waals surface area contributed by atoms with Crippen molar-refractivity contribution in [3.63, 3.8) is 0 Å². The van der Waals surface area contributed by atoms with E-state index in [2.05, 4.69) is 10.3 Å². The first-order chi connectivity index (χ1) is 8.66. The summed E-state index contributed by atoms with van der Waals surface area (Å²) in [5, 5.41) is 2.69. The number of carbonyl (C=O) groups is 1. The number of benzene rings is 1. The number of anilines is 1. The van der Waals surface area contributed by atoms with Crippen LogP contribution in [0, 0.1) is 6.92 Å². The lowest BCUT2D eigenvalue weighted by Gasteiger charge is -2.11. The molecule has 0 spiro atoms. The minimum absolute atomic E-state index is 0.266. The molecular formula is C14H15N3O. The topological polar surface area (TPSA) is 68.0 Å². The molecule has 0 radical (unpaired) electrons. The van der Waals surface area contributed by atoms with E-state index in [4.69, 9.17) is 5.73 Å². The third-order valence-corrected chi connectivity index (χ3v) is 2.60. The van der Waals surface area contributed by atoms with Crippen molar-refractivity contribution in [2.24, 2.45) is 5.73 Å². The van der Waals surface area contributed by atoms with Crippen LogP contribution in [-0.4, -0.2) is 10.9 Å². The first-order valence-corrected chi connectivity index (χ1v) is 5.71. The summed E-state index contributed by atoms with van der Waals surface area (Å²) in [6.45, 7) is 1.94. The third kappa shape index (κ3) is 2.93. The van der Waals surface area contributed by atoms with Gasteiger partial charge >= 0.3 is 0 Å². The number of amides is 1. The number of aromatic nitrogens is 1. The first-order valence-electron chi connectivity index (χ1n) is 5.71. The number of carbonyl (C=O) groups excluding carboxylic acids is 1. The molecule has 1 amide bonds. The molecule has 4 nitrogen and oxygen atoms in total. The van der Waals surface area contributed by atoms with Gasteiger partial charge < -0.3 is 11.1 Å². The quantitative estimate of drug-likeness (QED) is 0.864. The van der Waals surface area contributed by atoms with Crippen molar-refractivity contribution in [1.82, 2.24) is 4.98 Å². The molecule has 2 aromatic rings. The molecule has 1 aromatic heterocycles. The molecule has 1 atom stereocenters.